The Balaban J connectivity index is 3.04. The van der Waals surface area contributed by atoms with Crippen LogP contribution in [0.25, 0.3) is 0 Å². The Bertz CT molecular complexity index is 311. The van der Waals surface area contributed by atoms with Crippen molar-refractivity contribution < 1.29 is 4.74 Å². The zero-order valence-electron chi connectivity index (χ0n) is 7.42. The lowest BCUT2D eigenvalue weighted by molar-refractivity contribution is 0.119. The second-order valence-corrected chi connectivity index (χ2v) is 3.51. The van der Waals surface area contributed by atoms with Gasteiger partial charge < -0.3 is 4.74 Å². The smallest absolute Gasteiger partial charge is 0.110 e. The van der Waals surface area contributed by atoms with E-state index in [-0.39, 0.29) is 6.10 Å². The van der Waals surface area contributed by atoms with Gasteiger partial charge in [0, 0.05) is 7.11 Å². The molecule has 0 aromatic carbocycles. The Morgan fingerprint density at radius 2 is 2.33 bits per heavy atom. The molecule has 3 heteroatoms. The largest absolute Gasteiger partial charge is 0.377 e. The third kappa shape index (κ3) is 1.50. The number of rotatable bonds is 2. The maximum absolute atomic E-state index is 8.71. The summed E-state index contributed by atoms with van der Waals surface area (Å²) in [7, 11) is 1.67. The second kappa shape index (κ2) is 3.70. The number of thiophene rings is 1. The zero-order chi connectivity index (χ0) is 9.14. The van der Waals surface area contributed by atoms with Crippen LogP contribution >= 0.6 is 11.3 Å². The number of nitriles is 1. The van der Waals surface area contributed by atoms with Crippen molar-refractivity contribution >= 4 is 11.3 Å². The molecule has 64 valence electrons. The fourth-order valence-corrected chi connectivity index (χ4v) is 2.03. The van der Waals surface area contributed by atoms with Crippen LogP contribution < -0.4 is 0 Å². The van der Waals surface area contributed by atoms with Crippen molar-refractivity contribution in [3.63, 3.8) is 0 Å². The summed E-state index contributed by atoms with van der Waals surface area (Å²) in [5.41, 5.74) is 2.18. The van der Waals surface area contributed by atoms with Crippen LogP contribution in [0, 0.1) is 18.3 Å². The van der Waals surface area contributed by atoms with Gasteiger partial charge in [-0.15, -0.1) is 11.3 Å². The fraction of sp³-hybridized carbons (Fsp3) is 0.444. The number of nitrogens with zero attached hydrogens (tertiary/aromatic N) is 1. The Labute approximate surface area is 76.4 Å². The van der Waals surface area contributed by atoms with E-state index in [4.69, 9.17) is 10.00 Å². The van der Waals surface area contributed by atoms with E-state index < -0.39 is 0 Å². The summed E-state index contributed by atoms with van der Waals surface area (Å²) >= 11 is 1.48. The van der Waals surface area contributed by atoms with Crippen molar-refractivity contribution in [2.75, 3.05) is 7.11 Å². The molecule has 0 aliphatic carbocycles. The quantitative estimate of drug-likeness (QED) is 0.702. The van der Waals surface area contributed by atoms with Crippen LogP contribution in [0.2, 0.25) is 0 Å². The van der Waals surface area contributed by atoms with E-state index in [0.29, 0.717) is 0 Å². The van der Waals surface area contributed by atoms with Crippen molar-refractivity contribution in [1.82, 2.24) is 0 Å². The molecule has 1 rings (SSSR count). The molecule has 0 N–H and O–H groups in total. The minimum atomic E-state index is 0.0864. The van der Waals surface area contributed by atoms with Crippen LogP contribution in [0.15, 0.2) is 5.38 Å². The molecule has 0 spiro atoms. The molecule has 2 nitrogen and oxygen atoms in total. The van der Waals surface area contributed by atoms with Gasteiger partial charge in [-0.05, 0) is 30.4 Å². The van der Waals surface area contributed by atoms with Crippen LogP contribution in [-0.4, -0.2) is 7.11 Å². The first-order valence-corrected chi connectivity index (χ1v) is 4.59. The third-order valence-electron chi connectivity index (χ3n) is 1.97. The van der Waals surface area contributed by atoms with Crippen molar-refractivity contribution in [2.45, 2.75) is 20.0 Å². The molecule has 1 aromatic heterocycles. The Kier molecular flexibility index (Phi) is 2.85. The van der Waals surface area contributed by atoms with E-state index in [1.165, 1.54) is 11.3 Å². The summed E-state index contributed by atoms with van der Waals surface area (Å²) in [5, 5.41) is 10.7. The van der Waals surface area contributed by atoms with E-state index in [0.717, 1.165) is 16.0 Å². The lowest BCUT2D eigenvalue weighted by Crippen LogP contribution is -1.95. The highest BCUT2D eigenvalue weighted by atomic mass is 32.1. The number of hydrogen-bond donors (Lipinski definition) is 0. The Morgan fingerprint density at radius 3 is 2.75 bits per heavy atom. The van der Waals surface area contributed by atoms with Gasteiger partial charge in [0.15, 0.2) is 0 Å². The standard InChI is InChI=1S/C9H11NOS/c1-6-8(7(2)11-3)5-12-9(6)4-10/h5,7H,1-3H3. The second-order valence-electron chi connectivity index (χ2n) is 2.63. The van der Waals surface area contributed by atoms with E-state index in [1.807, 2.05) is 19.2 Å². The summed E-state index contributed by atoms with van der Waals surface area (Å²) in [5.74, 6) is 0. The maximum Gasteiger partial charge on any atom is 0.110 e. The normalized spacial score (nSPS) is 12.5. The summed E-state index contributed by atoms with van der Waals surface area (Å²) < 4.78 is 5.17. The van der Waals surface area contributed by atoms with Gasteiger partial charge in [0.2, 0.25) is 0 Å². The molecule has 0 saturated carbocycles. The summed E-state index contributed by atoms with van der Waals surface area (Å²) in [6, 6.07) is 2.16. The van der Waals surface area contributed by atoms with Crippen molar-refractivity contribution in [3.8, 4) is 6.07 Å². The molecule has 0 saturated heterocycles. The van der Waals surface area contributed by atoms with Gasteiger partial charge >= 0.3 is 0 Å². The molecule has 0 amide bonds. The maximum atomic E-state index is 8.71. The molecule has 0 aliphatic heterocycles. The number of ether oxygens (including phenoxy) is 1. The first-order valence-electron chi connectivity index (χ1n) is 3.71. The van der Waals surface area contributed by atoms with Gasteiger partial charge in [-0.3, -0.25) is 0 Å². The monoisotopic (exact) mass is 181 g/mol. The van der Waals surface area contributed by atoms with E-state index >= 15 is 0 Å². The number of hydrogen-bond acceptors (Lipinski definition) is 3. The molecule has 1 unspecified atom stereocenters. The van der Waals surface area contributed by atoms with E-state index in [2.05, 4.69) is 6.07 Å². The summed E-state index contributed by atoms with van der Waals surface area (Å²) in [6.45, 7) is 3.94. The minimum absolute atomic E-state index is 0.0864. The SMILES string of the molecule is COC(C)c1csc(C#N)c1C. The number of methoxy groups -OCH3 is 1. The van der Waals surface area contributed by atoms with Crippen LogP contribution in [0.1, 0.15) is 29.0 Å². The van der Waals surface area contributed by atoms with Gasteiger partial charge in [-0.2, -0.15) is 5.26 Å². The highest BCUT2D eigenvalue weighted by Gasteiger charge is 2.12. The molecule has 0 aliphatic rings. The topological polar surface area (TPSA) is 33.0 Å². The van der Waals surface area contributed by atoms with Crippen LogP contribution in [0.3, 0.4) is 0 Å². The predicted octanol–water partition coefficient (Wildman–Crippen LogP) is 2.64. The van der Waals surface area contributed by atoms with Gasteiger partial charge in [0.25, 0.3) is 0 Å². The van der Waals surface area contributed by atoms with Crippen molar-refractivity contribution in [2.24, 2.45) is 0 Å². The fourth-order valence-electron chi connectivity index (χ4n) is 1.07. The molecular formula is C9H11NOS. The summed E-state index contributed by atoms with van der Waals surface area (Å²) in [4.78, 5) is 0.786. The molecular weight excluding hydrogens is 170 g/mol. The minimum Gasteiger partial charge on any atom is -0.377 e. The molecule has 12 heavy (non-hydrogen) atoms. The van der Waals surface area contributed by atoms with Crippen LogP contribution in [0.5, 0.6) is 0 Å². The van der Waals surface area contributed by atoms with Gasteiger partial charge in [-0.25, -0.2) is 0 Å². The van der Waals surface area contributed by atoms with Gasteiger partial charge in [-0.1, -0.05) is 0 Å². The van der Waals surface area contributed by atoms with Gasteiger partial charge in [0.1, 0.15) is 10.9 Å². The lowest BCUT2D eigenvalue weighted by atomic mass is 10.1. The van der Waals surface area contributed by atoms with Crippen molar-refractivity contribution in [3.05, 3.63) is 21.4 Å². The third-order valence-corrected chi connectivity index (χ3v) is 2.98. The first kappa shape index (κ1) is 9.24. The average molecular weight is 181 g/mol. The average Bonchev–Trinajstić information content (AvgIpc) is 2.45. The van der Waals surface area contributed by atoms with Crippen LogP contribution in [-0.2, 0) is 4.74 Å². The lowest BCUT2D eigenvalue weighted by Gasteiger charge is -2.07. The summed E-state index contributed by atoms with van der Waals surface area (Å²) in [6.07, 6.45) is 0.0864. The predicted molar refractivity (Wildman–Crippen MR) is 49.2 cm³/mol. The molecule has 1 atom stereocenters. The Morgan fingerprint density at radius 1 is 1.67 bits per heavy atom. The highest BCUT2D eigenvalue weighted by Crippen LogP contribution is 2.27. The molecule has 0 radical (unpaired) electrons. The first-order chi connectivity index (χ1) is 5.70. The Hall–Kier alpha value is -0.850. The molecule has 1 aromatic rings. The van der Waals surface area contributed by atoms with E-state index in [1.54, 1.807) is 7.11 Å². The molecule has 1 heterocycles. The zero-order valence-corrected chi connectivity index (χ0v) is 8.23. The van der Waals surface area contributed by atoms with Crippen molar-refractivity contribution in [1.29, 1.82) is 5.26 Å². The molecule has 0 bridgehead atoms. The molecule has 0 fully saturated rings. The highest BCUT2D eigenvalue weighted by molar-refractivity contribution is 7.10. The van der Waals surface area contributed by atoms with Gasteiger partial charge in [0.05, 0.1) is 6.10 Å². The van der Waals surface area contributed by atoms with Crippen LogP contribution in [0.4, 0.5) is 0 Å². The van der Waals surface area contributed by atoms with E-state index in [9.17, 15) is 0 Å².